The highest BCUT2D eigenvalue weighted by atomic mass is 19.5. The summed E-state index contributed by atoms with van der Waals surface area (Å²) in [5.41, 5.74) is 0. The van der Waals surface area contributed by atoms with Crippen LogP contribution in [0.3, 0.4) is 0 Å². The van der Waals surface area contributed by atoms with E-state index in [1.807, 2.05) is 0 Å². The lowest BCUT2D eigenvalue weighted by molar-refractivity contribution is 0.332. The van der Waals surface area contributed by atoms with Gasteiger partial charge in [0.25, 0.3) is 0 Å². The van der Waals surface area contributed by atoms with Gasteiger partial charge in [0.15, 0.2) is 0 Å². The first kappa shape index (κ1) is 13.7. The van der Waals surface area contributed by atoms with Gasteiger partial charge < -0.3 is 22.2 Å². The van der Waals surface area contributed by atoms with Crippen molar-refractivity contribution >= 4 is 7.25 Å². The van der Waals surface area contributed by atoms with Crippen LogP contribution in [-0.2, 0) is 0 Å². The number of unbranched alkanes of at least 4 members (excludes halogenated alkanes) is 1. The molecule has 0 N–H and O–H groups in total. The molecule has 0 unspecified atom stereocenters. The van der Waals surface area contributed by atoms with E-state index in [1.165, 1.54) is 45.3 Å². The SMILES string of the molecule is CCCCN1CCCC1.F[B-](F)(F)F. The van der Waals surface area contributed by atoms with Gasteiger partial charge in [0.2, 0.25) is 0 Å². The van der Waals surface area contributed by atoms with Crippen molar-refractivity contribution in [3.8, 4) is 0 Å². The lowest BCUT2D eigenvalue weighted by Crippen LogP contribution is -2.19. The van der Waals surface area contributed by atoms with Gasteiger partial charge in [-0.1, -0.05) is 13.3 Å². The zero-order valence-electron chi connectivity index (χ0n) is 8.49. The first-order valence-corrected chi connectivity index (χ1v) is 5.03. The second kappa shape index (κ2) is 7.09. The topological polar surface area (TPSA) is 3.24 Å². The molecule has 0 atom stereocenters. The minimum Gasteiger partial charge on any atom is -0.418 e. The summed E-state index contributed by atoms with van der Waals surface area (Å²) in [6.07, 6.45) is 5.60. The van der Waals surface area contributed by atoms with Crippen LogP contribution in [0.2, 0.25) is 0 Å². The summed E-state index contributed by atoms with van der Waals surface area (Å²) in [4.78, 5) is 2.57. The monoisotopic (exact) mass is 214 g/mol. The minimum absolute atomic E-state index is 1.34. The third kappa shape index (κ3) is 11.7. The van der Waals surface area contributed by atoms with E-state index in [-0.39, 0.29) is 0 Å². The summed E-state index contributed by atoms with van der Waals surface area (Å²) < 4.78 is 39.0. The van der Waals surface area contributed by atoms with Crippen molar-refractivity contribution in [2.45, 2.75) is 32.6 Å². The fourth-order valence-electron chi connectivity index (χ4n) is 1.39. The Kier molecular flexibility index (Phi) is 6.96. The molecular weight excluding hydrogens is 197 g/mol. The van der Waals surface area contributed by atoms with Crippen LogP contribution in [0.4, 0.5) is 17.3 Å². The summed E-state index contributed by atoms with van der Waals surface area (Å²) in [6, 6.07) is 0. The third-order valence-electron chi connectivity index (χ3n) is 2.03. The molecule has 6 heteroatoms. The van der Waals surface area contributed by atoms with Gasteiger partial charge in [0.1, 0.15) is 0 Å². The number of nitrogens with zero attached hydrogens (tertiary/aromatic N) is 1. The second-order valence-corrected chi connectivity index (χ2v) is 3.40. The van der Waals surface area contributed by atoms with E-state index in [0.29, 0.717) is 0 Å². The van der Waals surface area contributed by atoms with Crippen LogP contribution >= 0.6 is 0 Å². The molecule has 0 bridgehead atoms. The Balaban J connectivity index is 0.000000292. The molecule has 0 aromatic rings. The van der Waals surface area contributed by atoms with Crippen molar-refractivity contribution in [1.82, 2.24) is 4.90 Å². The smallest absolute Gasteiger partial charge is 0.418 e. The summed E-state index contributed by atoms with van der Waals surface area (Å²) in [7, 11) is -6.00. The molecule has 0 spiro atoms. The van der Waals surface area contributed by atoms with Gasteiger partial charge in [-0.05, 0) is 38.9 Å². The van der Waals surface area contributed by atoms with Crippen LogP contribution in [0.15, 0.2) is 0 Å². The zero-order chi connectivity index (χ0) is 11.0. The Hall–Kier alpha value is -0.255. The van der Waals surface area contributed by atoms with E-state index >= 15 is 0 Å². The summed E-state index contributed by atoms with van der Waals surface area (Å²) in [5, 5.41) is 0. The van der Waals surface area contributed by atoms with Crippen molar-refractivity contribution in [1.29, 1.82) is 0 Å². The predicted molar refractivity (Wildman–Crippen MR) is 50.8 cm³/mol. The lowest BCUT2D eigenvalue weighted by atomic mass is 10.3. The molecule has 1 nitrogen and oxygen atoms in total. The summed E-state index contributed by atoms with van der Waals surface area (Å²) >= 11 is 0. The van der Waals surface area contributed by atoms with Crippen LogP contribution in [0.1, 0.15) is 32.6 Å². The van der Waals surface area contributed by atoms with Gasteiger partial charge in [-0.25, -0.2) is 0 Å². The van der Waals surface area contributed by atoms with Crippen molar-refractivity contribution in [2.75, 3.05) is 19.6 Å². The maximum atomic E-state index is 9.75. The van der Waals surface area contributed by atoms with E-state index in [9.17, 15) is 17.3 Å². The molecule has 1 saturated heterocycles. The molecule has 1 aliphatic rings. The molecule has 14 heavy (non-hydrogen) atoms. The molecule has 1 heterocycles. The molecule has 0 aliphatic carbocycles. The standard InChI is InChI=1S/C8H17N.BF4/c1-2-3-6-9-7-4-5-8-9;2-1(3,4)5/h2-8H2,1H3;/q;-1. The molecule has 0 saturated carbocycles. The fourth-order valence-corrected chi connectivity index (χ4v) is 1.39. The highest BCUT2D eigenvalue weighted by molar-refractivity contribution is 6.50. The van der Waals surface area contributed by atoms with Crippen LogP contribution in [0.25, 0.3) is 0 Å². The Bertz CT molecular complexity index is 128. The lowest BCUT2D eigenvalue weighted by Gasteiger charge is -2.12. The molecule has 0 radical (unpaired) electrons. The predicted octanol–water partition coefficient (Wildman–Crippen LogP) is 3.18. The Labute approximate surface area is 82.6 Å². The number of likely N-dealkylation sites (tertiary alicyclic amines) is 1. The van der Waals surface area contributed by atoms with E-state index in [2.05, 4.69) is 11.8 Å². The van der Waals surface area contributed by atoms with Gasteiger partial charge in [0, 0.05) is 0 Å². The highest BCUT2D eigenvalue weighted by Gasteiger charge is 2.20. The van der Waals surface area contributed by atoms with E-state index in [4.69, 9.17) is 0 Å². The normalized spacial score (nSPS) is 17.8. The van der Waals surface area contributed by atoms with Crippen molar-refractivity contribution in [2.24, 2.45) is 0 Å². The minimum atomic E-state index is -6.00. The summed E-state index contributed by atoms with van der Waals surface area (Å²) in [5.74, 6) is 0. The van der Waals surface area contributed by atoms with Gasteiger partial charge in [-0.2, -0.15) is 0 Å². The van der Waals surface area contributed by atoms with Crippen molar-refractivity contribution < 1.29 is 17.3 Å². The van der Waals surface area contributed by atoms with E-state index in [1.54, 1.807) is 0 Å². The second-order valence-electron chi connectivity index (χ2n) is 3.40. The average molecular weight is 214 g/mol. The van der Waals surface area contributed by atoms with Gasteiger partial charge in [0.05, 0.1) is 0 Å². The Morgan fingerprint density at radius 3 is 1.86 bits per heavy atom. The Morgan fingerprint density at radius 1 is 1.07 bits per heavy atom. The van der Waals surface area contributed by atoms with E-state index in [0.717, 1.165) is 0 Å². The molecule has 1 rings (SSSR count). The number of hydrogen-bond donors (Lipinski definition) is 0. The highest BCUT2D eigenvalue weighted by Crippen LogP contribution is 2.07. The van der Waals surface area contributed by atoms with Crippen molar-refractivity contribution in [3.05, 3.63) is 0 Å². The largest absolute Gasteiger partial charge is 0.673 e. The Morgan fingerprint density at radius 2 is 1.50 bits per heavy atom. The molecule has 0 amide bonds. The number of rotatable bonds is 3. The third-order valence-corrected chi connectivity index (χ3v) is 2.03. The van der Waals surface area contributed by atoms with Gasteiger partial charge in [-0.3, -0.25) is 0 Å². The number of hydrogen-bond acceptors (Lipinski definition) is 1. The molecule has 0 aromatic heterocycles. The maximum Gasteiger partial charge on any atom is 0.673 e. The zero-order valence-corrected chi connectivity index (χ0v) is 8.49. The molecule has 1 aliphatic heterocycles. The molecule has 1 fully saturated rings. The first-order valence-electron chi connectivity index (χ1n) is 5.03. The van der Waals surface area contributed by atoms with E-state index < -0.39 is 7.25 Å². The van der Waals surface area contributed by atoms with Gasteiger partial charge >= 0.3 is 7.25 Å². The van der Waals surface area contributed by atoms with Crippen LogP contribution in [0, 0.1) is 0 Å². The average Bonchev–Trinajstić information content (AvgIpc) is 2.49. The molecule has 0 aromatic carbocycles. The van der Waals surface area contributed by atoms with Crippen molar-refractivity contribution in [3.63, 3.8) is 0 Å². The quantitative estimate of drug-likeness (QED) is 0.515. The van der Waals surface area contributed by atoms with Gasteiger partial charge in [-0.15, -0.1) is 0 Å². The first-order chi connectivity index (χ1) is 6.43. The van der Waals surface area contributed by atoms with Crippen LogP contribution in [-0.4, -0.2) is 31.8 Å². The summed E-state index contributed by atoms with van der Waals surface area (Å²) in [6.45, 7) is 6.33. The molecule has 86 valence electrons. The maximum absolute atomic E-state index is 9.75. The van der Waals surface area contributed by atoms with Crippen LogP contribution < -0.4 is 0 Å². The van der Waals surface area contributed by atoms with Crippen LogP contribution in [0.5, 0.6) is 0 Å². The number of halogens is 4. The molecular formula is C8H17BF4N-. The fraction of sp³-hybridized carbons (Fsp3) is 1.00.